The number of halogens is 1. The molecule has 4 heterocycles. The fourth-order valence-electron chi connectivity index (χ4n) is 4.63. The van der Waals surface area contributed by atoms with Crippen molar-refractivity contribution in [3.63, 3.8) is 0 Å². The second kappa shape index (κ2) is 10.7. The SMILES string of the molecule is O=C(NCc1ccccn1)c1cn(CCCCc2cc3c(-c4ccc(Cl)cc4)c(C4CC4)[nH]c3nn2)nn1. The number of fused-ring (bicyclic) bond motifs is 1. The smallest absolute Gasteiger partial charge is 0.273 e. The zero-order chi connectivity index (χ0) is 25.9. The van der Waals surface area contributed by atoms with Gasteiger partial charge in [0.2, 0.25) is 0 Å². The fourth-order valence-corrected chi connectivity index (χ4v) is 4.76. The number of nitrogens with one attached hydrogen (secondary N) is 2. The van der Waals surface area contributed by atoms with E-state index in [-0.39, 0.29) is 5.91 Å². The van der Waals surface area contributed by atoms with E-state index in [0.29, 0.717) is 24.7 Å². The standard InChI is InChI=1S/C28H27ClN8O/c29-20-11-9-18(10-12-20)25-23-15-21(33-35-27(23)32-26(25)19-7-8-19)5-2-4-14-37-17-24(34-36-37)28(38)31-16-22-6-1-3-13-30-22/h1,3,6,9-13,15,17,19H,2,4-5,7-8,14,16H2,(H,31,38)(H,32,35). The summed E-state index contributed by atoms with van der Waals surface area (Å²) in [5.74, 6) is 0.294. The topological polar surface area (TPSA) is 114 Å². The van der Waals surface area contributed by atoms with Crippen LogP contribution in [0.5, 0.6) is 0 Å². The zero-order valence-electron chi connectivity index (χ0n) is 20.8. The van der Waals surface area contributed by atoms with Crippen molar-refractivity contribution in [1.82, 2.24) is 40.5 Å². The van der Waals surface area contributed by atoms with Crippen molar-refractivity contribution in [1.29, 1.82) is 0 Å². The van der Waals surface area contributed by atoms with E-state index in [0.717, 1.165) is 52.3 Å². The Morgan fingerprint density at radius 2 is 1.92 bits per heavy atom. The fraction of sp³-hybridized carbons (Fsp3) is 0.286. The molecule has 6 rings (SSSR count). The summed E-state index contributed by atoms with van der Waals surface area (Å²) in [6, 6.07) is 15.8. The molecule has 1 saturated carbocycles. The molecule has 1 fully saturated rings. The molecular weight excluding hydrogens is 500 g/mol. The van der Waals surface area contributed by atoms with Gasteiger partial charge in [-0.25, -0.2) is 0 Å². The molecule has 0 atom stereocenters. The molecule has 0 aliphatic heterocycles. The Labute approximate surface area is 224 Å². The molecule has 0 unspecified atom stereocenters. The van der Waals surface area contributed by atoms with Crippen molar-refractivity contribution in [2.75, 3.05) is 0 Å². The van der Waals surface area contributed by atoms with E-state index in [2.05, 4.69) is 54.0 Å². The number of hydrogen-bond acceptors (Lipinski definition) is 6. The summed E-state index contributed by atoms with van der Waals surface area (Å²) in [4.78, 5) is 20.1. The molecule has 4 aromatic heterocycles. The third-order valence-corrected chi connectivity index (χ3v) is 7.00. The number of carbonyl (C=O) groups is 1. The third kappa shape index (κ3) is 5.43. The number of unbranched alkanes of at least 4 members (excludes halogenated alkanes) is 1. The summed E-state index contributed by atoms with van der Waals surface area (Å²) in [6.45, 7) is 1.02. The molecular formula is C28H27ClN8O. The van der Waals surface area contributed by atoms with Crippen molar-refractivity contribution in [3.05, 3.63) is 88.7 Å². The third-order valence-electron chi connectivity index (χ3n) is 6.75. The average Bonchev–Trinajstić information content (AvgIpc) is 3.56. The van der Waals surface area contributed by atoms with Crippen molar-refractivity contribution in [3.8, 4) is 11.1 Å². The summed E-state index contributed by atoms with van der Waals surface area (Å²) >= 11 is 6.14. The highest BCUT2D eigenvalue weighted by molar-refractivity contribution is 6.30. The Kier molecular flexibility index (Phi) is 6.83. The maximum Gasteiger partial charge on any atom is 0.273 e. The molecule has 1 aromatic carbocycles. The van der Waals surface area contributed by atoms with Crippen molar-refractivity contribution < 1.29 is 4.79 Å². The Morgan fingerprint density at radius 3 is 2.71 bits per heavy atom. The molecule has 1 aliphatic carbocycles. The van der Waals surface area contributed by atoms with Gasteiger partial charge in [-0.1, -0.05) is 35.0 Å². The molecule has 0 spiro atoms. The van der Waals surface area contributed by atoms with Gasteiger partial charge < -0.3 is 10.3 Å². The summed E-state index contributed by atoms with van der Waals surface area (Å²) < 4.78 is 1.71. The first kappa shape index (κ1) is 24.2. The lowest BCUT2D eigenvalue weighted by Gasteiger charge is -2.05. The molecule has 9 nitrogen and oxygen atoms in total. The Balaban J connectivity index is 1.07. The minimum Gasteiger partial charge on any atom is -0.345 e. The van der Waals surface area contributed by atoms with Crippen molar-refractivity contribution in [2.45, 2.75) is 51.1 Å². The molecule has 0 saturated heterocycles. The van der Waals surface area contributed by atoms with Gasteiger partial charge in [-0.2, -0.15) is 5.10 Å². The van der Waals surface area contributed by atoms with Gasteiger partial charge in [0.25, 0.3) is 5.91 Å². The number of benzene rings is 1. The molecule has 5 aromatic rings. The number of aromatic amines is 1. The lowest BCUT2D eigenvalue weighted by Crippen LogP contribution is -2.23. The number of nitrogens with zero attached hydrogens (tertiary/aromatic N) is 6. The minimum atomic E-state index is -0.265. The second-order valence-electron chi connectivity index (χ2n) is 9.62. The van der Waals surface area contributed by atoms with Gasteiger partial charge in [0.05, 0.1) is 24.1 Å². The number of pyridine rings is 1. The molecule has 192 valence electrons. The molecule has 0 radical (unpaired) electrons. The summed E-state index contributed by atoms with van der Waals surface area (Å²) in [5.41, 5.74) is 6.49. The van der Waals surface area contributed by atoms with Crippen LogP contribution in [0.3, 0.4) is 0 Å². The van der Waals surface area contributed by atoms with Crippen LogP contribution in [0.2, 0.25) is 5.02 Å². The largest absolute Gasteiger partial charge is 0.345 e. The van der Waals surface area contributed by atoms with Crippen molar-refractivity contribution >= 4 is 28.5 Å². The van der Waals surface area contributed by atoms with Crippen molar-refractivity contribution in [2.24, 2.45) is 0 Å². The average molecular weight is 527 g/mol. The summed E-state index contributed by atoms with van der Waals surface area (Å²) in [6.07, 6.45) is 8.37. The van der Waals surface area contributed by atoms with Crippen LogP contribution in [0, 0.1) is 0 Å². The van der Waals surface area contributed by atoms with Gasteiger partial charge in [0.15, 0.2) is 11.3 Å². The monoisotopic (exact) mass is 526 g/mol. The zero-order valence-corrected chi connectivity index (χ0v) is 21.5. The van der Waals surface area contributed by atoms with E-state index in [1.807, 2.05) is 30.3 Å². The summed E-state index contributed by atoms with van der Waals surface area (Å²) in [5, 5.41) is 21.8. The van der Waals surface area contributed by atoms with Crippen LogP contribution >= 0.6 is 11.6 Å². The van der Waals surface area contributed by atoms with Gasteiger partial charge >= 0.3 is 0 Å². The highest BCUT2D eigenvalue weighted by Crippen LogP contribution is 2.46. The Bertz CT molecular complexity index is 1560. The van der Waals surface area contributed by atoms with Gasteiger partial charge in [-0.05, 0) is 73.9 Å². The minimum absolute atomic E-state index is 0.265. The lowest BCUT2D eigenvalue weighted by molar-refractivity contribution is 0.0945. The van der Waals surface area contributed by atoms with Crippen LogP contribution in [0.4, 0.5) is 0 Å². The first-order chi connectivity index (χ1) is 18.6. The molecule has 10 heteroatoms. The lowest BCUT2D eigenvalue weighted by atomic mass is 10.0. The van der Waals surface area contributed by atoms with Crippen LogP contribution in [-0.4, -0.2) is 41.1 Å². The van der Waals surface area contributed by atoms with Gasteiger partial charge in [-0.15, -0.1) is 10.2 Å². The van der Waals surface area contributed by atoms with Crippen LogP contribution in [0.15, 0.2) is 60.9 Å². The van der Waals surface area contributed by atoms with Crippen LogP contribution < -0.4 is 5.32 Å². The van der Waals surface area contributed by atoms with Gasteiger partial charge in [0, 0.05) is 34.4 Å². The van der Waals surface area contributed by atoms with Gasteiger partial charge in [0.1, 0.15) is 0 Å². The predicted molar refractivity (Wildman–Crippen MR) is 145 cm³/mol. The Morgan fingerprint density at radius 1 is 1.05 bits per heavy atom. The van der Waals surface area contributed by atoms with E-state index >= 15 is 0 Å². The molecule has 0 bridgehead atoms. The Hall–Kier alpha value is -4.11. The van der Waals surface area contributed by atoms with E-state index in [1.54, 1.807) is 17.1 Å². The van der Waals surface area contributed by atoms with E-state index in [9.17, 15) is 4.79 Å². The van der Waals surface area contributed by atoms with Crippen LogP contribution in [0.25, 0.3) is 22.2 Å². The van der Waals surface area contributed by atoms with E-state index < -0.39 is 0 Å². The molecule has 38 heavy (non-hydrogen) atoms. The predicted octanol–water partition coefficient (Wildman–Crippen LogP) is 5.10. The number of hydrogen-bond donors (Lipinski definition) is 2. The number of aryl methyl sites for hydroxylation is 2. The first-order valence-corrected chi connectivity index (χ1v) is 13.2. The first-order valence-electron chi connectivity index (χ1n) is 12.9. The van der Waals surface area contributed by atoms with Crippen LogP contribution in [-0.2, 0) is 19.5 Å². The number of rotatable bonds is 10. The maximum atomic E-state index is 12.4. The molecule has 1 amide bonds. The molecule has 1 aliphatic rings. The maximum absolute atomic E-state index is 12.4. The normalized spacial score (nSPS) is 13.2. The number of amides is 1. The summed E-state index contributed by atoms with van der Waals surface area (Å²) in [7, 11) is 0. The molecule has 2 N–H and O–H groups in total. The van der Waals surface area contributed by atoms with Crippen LogP contribution in [0.1, 0.15) is 59.2 Å². The van der Waals surface area contributed by atoms with E-state index in [1.165, 1.54) is 24.1 Å². The number of carbonyl (C=O) groups excluding carboxylic acids is 1. The quantitative estimate of drug-likeness (QED) is 0.245. The number of H-pyrrole nitrogens is 1. The van der Waals surface area contributed by atoms with Gasteiger partial charge in [-0.3, -0.25) is 14.5 Å². The highest BCUT2D eigenvalue weighted by atomic mass is 35.5. The number of aromatic nitrogens is 7. The second-order valence-corrected chi connectivity index (χ2v) is 10.1. The highest BCUT2D eigenvalue weighted by Gasteiger charge is 2.30. The van der Waals surface area contributed by atoms with E-state index in [4.69, 9.17) is 11.6 Å².